The molecule has 1 N–H and O–H groups in total. The molecule has 12 heteroatoms. The number of amides is 2. The lowest BCUT2D eigenvalue weighted by Gasteiger charge is -2.39. The van der Waals surface area contributed by atoms with E-state index in [9.17, 15) is 9.59 Å². The van der Waals surface area contributed by atoms with Gasteiger partial charge >= 0.3 is 5.97 Å². The first kappa shape index (κ1) is 36.7. The zero-order valence-corrected chi connectivity index (χ0v) is 31.3. The number of nitrogens with zero attached hydrogens (tertiary/aromatic N) is 2. The second-order valence-corrected chi connectivity index (χ2v) is 16.4. The standard InChI is InChI=1S/C38H39Cl4N3O5/c1-6-12-49-34(47)31-30(33(46)44(20-36(2,3)4)26-14-23(39)13-24(40)15-26)29-18-37(5,50-19-22-10-8-7-9-11-22)21-45(29)38(31)27-16-25(41)17-28(42)32(27)43-35(38)48/h6-11,13-17,29-31H,1,12,18-21H2,2-5H3,(H,43,48)/t29?,30?,31?,37-,38-/m0/s1. The molecule has 0 aromatic heterocycles. The van der Waals surface area contributed by atoms with Crippen LogP contribution in [0.3, 0.4) is 0 Å². The molecule has 6 rings (SSSR count). The summed E-state index contributed by atoms with van der Waals surface area (Å²) in [5, 5.41) is 4.13. The maximum atomic E-state index is 15.4. The summed E-state index contributed by atoms with van der Waals surface area (Å²) in [6, 6.07) is 17.2. The molecule has 0 saturated carbocycles. The number of rotatable bonds is 9. The van der Waals surface area contributed by atoms with Crippen molar-refractivity contribution in [2.24, 2.45) is 17.3 Å². The Morgan fingerprint density at radius 1 is 1.04 bits per heavy atom. The summed E-state index contributed by atoms with van der Waals surface area (Å²) in [6.45, 7) is 12.4. The molecule has 3 unspecified atom stereocenters. The van der Waals surface area contributed by atoms with Gasteiger partial charge in [-0.3, -0.25) is 19.3 Å². The Kier molecular flexibility index (Phi) is 10.1. The number of hydrogen-bond donors (Lipinski definition) is 1. The number of carbonyl (C=O) groups is 3. The zero-order valence-electron chi connectivity index (χ0n) is 28.3. The number of esters is 1. The van der Waals surface area contributed by atoms with Crippen molar-refractivity contribution in [3.63, 3.8) is 0 Å². The first-order chi connectivity index (χ1) is 23.6. The van der Waals surface area contributed by atoms with Crippen LogP contribution >= 0.6 is 46.4 Å². The Morgan fingerprint density at radius 2 is 1.70 bits per heavy atom. The van der Waals surface area contributed by atoms with Gasteiger partial charge in [-0.05, 0) is 54.7 Å². The topological polar surface area (TPSA) is 88.2 Å². The first-order valence-corrected chi connectivity index (χ1v) is 17.9. The highest BCUT2D eigenvalue weighted by Gasteiger charge is 2.74. The van der Waals surface area contributed by atoms with Crippen LogP contribution in [0.1, 0.15) is 45.2 Å². The average molecular weight is 760 g/mol. The van der Waals surface area contributed by atoms with Crippen LogP contribution in [0.25, 0.3) is 0 Å². The van der Waals surface area contributed by atoms with E-state index in [1.807, 2.05) is 62.9 Å². The van der Waals surface area contributed by atoms with E-state index in [1.54, 1.807) is 29.2 Å². The number of nitrogens with one attached hydrogen (secondary N) is 1. The Hall–Kier alpha value is -3.11. The minimum absolute atomic E-state index is 0.116. The maximum absolute atomic E-state index is 15.4. The van der Waals surface area contributed by atoms with E-state index < -0.39 is 40.9 Å². The van der Waals surface area contributed by atoms with Crippen molar-refractivity contribution in [2.75, 3.05) is 29.9 Å². The van der Waals surface area contributed by atoms with E-state index in [-0.39, 0.29) is 41.1 Å². The second-order valence-electron chi connectivity index (χ2n) is 14.7. The number of carbonyl (C=O) groups excluding carboxylic acids is 3. The van der Waals surface area contributed by atoms with Crippen LogP contribution in [0.5, 0.6) is 0 Å². The van der Waals surface area contributed by atoms with Crippen LogP contribution < -0.4 is 10.2 Å². The van der Waals surface area contributed by atoms with Crippen LogP contribution in [-0.4, -0.2) is 54.0 Å². The third-order valence-corrected chi connectivity index (χ3v) is 10.6. The van der Waals surface area contributed by atoms with Gasteiger partial charge in [0, 0.05) is 45.5 Å². The van der Waals surface area contributed by atoms with Gasteiger partial charge in [-0.2, -0.15) is 0 Å². The van der Waals surface area contributed by atoms with Crippen LogP contribution in [0, 0.1) is 17.3 Å². The van der Waals surface area contributed by atoms with Crippen LogP contribution in [-0.2, 0) is 36.0 Å². The van der Waals surface area contributed by atoms with Gasteiger partial charge in [-0.1, -0.05) is 110 Å². The van der Waals surface area contributed by atoms with Crippen molar-refractivity contribution in [1.82, 2.24) is 4.90 Å². The first-order valence-electron chi connectivity index (χ1n) is 16.4. The van der Waals surface area contributed by atoms with Crippen molar-refractivity contribution >= 4 is 75.6 Å². The van der Waals surface area contributed by atoms with Gasteiger partial charge in [0.15, 0.2) is 0 Å². The number of halogens is 4. The van der Waals surface area contributed by atoms with Crippen LogP contribution in [0.2, 0.25) is 20.1 Å². The molecule has 3 heterocycles. The van der Waals surface area contributed by atoms with Gasteiger partial charge in [0.1, 0.15) is 18.1 Å². The lowest BCUT2D eigenvalue weighted by Crippen LogP contribution is -2.55. The molecule has 5 atom stereocenters. The second kappa shape index (κ2) is 13.8. The Bertz CT molecular complexity index is 1830. The number of benzene rings is 3. The monoisotopic (exact) mass is 757 g/mol. The molecule has 8 nitrogen and oxygen atoms in total. The fraction of sp³-hybridized carbons (Fsp3) is 0.395. The zero-order chi connectivity index (χ0) is 36.2. The maximum Gasteiger partial charge on any atom is 0.312 e. The average Bonchev–Trinajstić information content (AvgIpc) is 3.63. The van der Waals surface area contributed by atoms with Gasteiger partial charge in [0.2, 0.25) is 5.91 Å². The quantitative estimate of drug-likeness (QED) is 0.174. The summed E-state index contributed by atoms with van der Waals surface area (Å²) >= 11 is 26.2. The lowest BCUT2D eigenvalue weighted by atomic mass is 9.72. The fourth-order valence-corrected chi connectivity index (χ4v) is 8.88. The Morgan fingerprint density at radius 3 is 2.34 bits per heavy atom. The normalized spacial score (nSPS) is 25.7. The predicted molar refractivity (Wildman–Crippen MR) is 198 cm³/mol. The summed E-state index contributed by atoms with van der Waals surface area (Å²) in [6.07, 6.45) is 1.78. The number of ether oxygens (including phenoxy) is 2. The van der Waals surface area contributed by atoms with E-state index in [4.69, 9.17) is 55.9 Å². The summed E-state index contributed by atoms with van der Waals surface area (Å²) in [4.78, 5) is 48.1. The van der Waals surface area contributed by atoms with E-state index in [0.29, 0.717) is 40.0 Å². The van der Waals surface area contributed by atoms with Crippen molar-refractivity contribution in [2.45, 2.75) is 57.9 Å². The SMILES string of the molecule is C=CCOC(=O)C1C(C(=O)N(CC(C)(C)C)c2cc(Cl)cc(Cl)c2)C2C[C@](C)(OCc3ccccc3)CN2[C@]12C(=O)Nc1c(Cl)cc(Cl)cc12. The summed E-state index contributed by atoms with van der Waals surface area (Å²) < 4.78 is 12.4. The molecule has 2 fully saturated rings. The molecule has 3 aliphatic rings. The predicted octanol–water partition coefficient (Wildman–Crippen LogP) is 8.55. The molecule has 264 valence electrons. The summed E-state index contributed by atoms with van der Waals surface area (Å²) in [5.41, 5.74) is -0.729. The highest BCUT2D eigenvalue weighted by atomic mass is 35.5. The highest BCUT2D eigenvalue weighted by Crippen LogP contribution is 2.61. The Labute approximate surface area is 312 Å². The summed E-state index contributed by atoms with van der Waals surface area (Å²) in [7, 11) is 0. The van der Waals surface area contributed by atoms with Crippen LogP contribution in [0.15, 0.2) is 73.3 Å². The van der Waals surface area contributed by atoms with Crippen LogP contribution in [0.4, 0.5) is 11.4 Å². The van der Waals surface area contributed by atoms with Crippen molar-refractivity contribution < 1.29 is 23.9 Å². The molecule has 3 aliphatic heterocycles. The molecule has 2 amide bonds. The number of hydrogen-bond acceptors (Lipinski definition) is 6. The Balaban J connectivity index is 1.55. The van der Waals surface area contributed by atoms with E-state index in [1.165, 1.54) is 12.1 Å². The molecule has 1 spiro atoms. The number of fused-ring (bicyclic) bond motifs is 4. The fourth-order valence-electron chi connectivity index (χ4n) is 7.83. The number of anilines is 2. The smallest absolute Gasteiger partial charge is 0.312 e. The minimum atomic E-state index is -1.71. The molecule has 3 aromatic rings. The molecule has 50 heavy (non-hydrogen) atoms. The van der Waals surface area contributed by atoms with Crippen molar-refractivity contribution in [3.8, 4) is 0 Å². The molecular weight excluding hydrogens is 720 g/mol. The van der Waals surface area contributed by atoms with E-state index in [0.717, 1.165) is 5.56 Å². The van der Waals surface area contributed by atoms with Crippen molar-refractivity contribution in [1.29, 1.82) is 0 Å². The summed E-state index contributed by atoms with van der Waals surface area (Å²) in [5.74, 6) is -3.98. The molecule has 3 aromatic carbocycles. The van der Waals surface area contributed by atoms with Gasteiger partial charge in [-0.25, -0.2) is 0 Å². The molecule has 2 saturated heterocycles. The van der Waals surface area contributed by atoms with Crippen molar-refractivity contribution in [3.05, 3.63) is 105 Å². The lowest BCUT2D eigenvalue weighted by molar-refractivity contribution is -0.158. The highest BCUT2D eigenvalue weighted by molar-refractivity contribution is 6.38. The van der Waals surface area contributed by atoms with Gasteiger partial charge in [0.05, 0.1) is 28.8 Å². The van der Waals surface area contributed by atoms with Gasteiger partial charge < -0.3 is 19.7 Å². The van der Waals surface area contributed by atoms with E-state index >= 15 is 4.79 Å². The molecular formula is C38H39Cl4N3O5. The van der Waals surface area contributed by atoms with Gasteiger partial charge in [0.25, 0.3) is 5.91 Å². The molecule has 0 aliphatic carbocycles. The minimum Gasteiger partial charge on any atom is -0.461 e. The van der Waals surface area contributed by atoms with E-state index in [2.05, 4.69) is 11.9 Å². The molecule has 0 bridgehead atoms. The van der Waals surface area contributed by atoms with Gasteiger partial charge in [-0.15, -0.1) is 0 Å². The molecule has 0 radical (unpaired) electrons. The largest absolute Gasteiger partial charge is 0.461 e. The third-order valence-electron chi connectivity index (χ3n) is 9.64. The third kappa shape index (κ3) is 6.67.